The second-order valence-corrected chi connectivity index (χ2v) is 15.8. The summed E-state index contributed by atoms with van der Waals surface area (Å²) in [6.07, 6.45) is -7.35. The monoisotopic (exact) mass is 935 g/mol. The third-order valence-electron chi connectivity index (χ3n) is 9.56. The Morgan fingerprint density at radius 2 is 0.875 bits per heavy atom. The first-order valence-electron chi connectivity index (χ1n) is 19.5. The van der Waals surface area contributed by atoms with Crippen molar-refractivity contribution in [2.75, 3.05) is 6.61 Å². The van der Waals surface area contributed by atoms with E-state index in [-0.39, 0.29) is 47.1 Å². The number of esters is 4. The minimum atomic E-state index is -1.56. The van der Waals surface area contributed by atoms with Gasteiger partial charge in [0, 0.05) is 0 Å². The van der Waals surface area contributed by atoms with Gasteiger partial charge in [0.15, 0.2) is 24.5 Å². The van der Waals surface area contributed by atoms with Crippen LogP contribution < -0.4 is 9.60 Å². The molecular weight excluding hydrogens is 898 g/mol. The van der Waals surface area contributed by atoms with Gasteiger partial charge in [-0.1, -0.05) is 109 Å². The number of nitrogens with zero attached hydrogens (tertiary/aromatic N) is 3. The summed E-state index contributed by atoms with van der Waals surface area (Å²) in [5.41, 5.74) is 2.25. The lowest BCUT2D eigenvalue weighted by Crippen LogP contribution is -2.62. The minimum absolute atomic E-state index is 0. The van der Waals surface area contributed by atoms with Crippen molar-refractivity contribution in [3.63, 3.8) is 0 Å². The number of para-hydroxylation sites is 2. The second-order valence-electron chi connectivity index (χ2n) is 13.7. The molecule has 0 bridgehead atoms. The Hall–Kier alpha value is -6.68. The van der Waals surface area contributed by atoms with Crippen molar-refractivity contribution < 1.29 is 42.9 Å². The highest BCUT2D eigenvalue weighted by atomic mass is 35.5. The Balaban J connectivity index is 0.00000340. The predicted octanol–water partition coefficient (Wildman–Crippen LogP) is 8.84. The fourth-order valence-electron chi connectivity index (χ4n) is 6.55. The van der Waals surface area contributed by atoms with Gasteiger partial charge in [0.1, 0.15) is 12.7 Å². The summed E-state index contributed by atoms with van der Waals surface area (Å²) < 4.78 is 33.0. The standard InChI is InChI=1S/C48H37N3O9S2.2ClH/c52-43(32-19-7-1-8-20-32)56-31-38-39(58-44(53)33-21-9-2-10-22-33)40(59-45(54)34-23-11-3-12-24-34)41(60-46(55)35-25-13-4-14-26-35)42(57-38)50-48-51(37-29-17-6-18-30-37)47(61-62-48)49-36-27-15-5-16-28-36;;/h1-30,38-42H,31H2;2*1H/b49-47?,50-48+;;/t38-,39-,40+,41-,42-;;/m1../s1. The molecule has 7 aromatic rings. The molecule has 1 saturated heterocycles. The van der Waals surface area contributed by atoms with Crippen molar-refractivity contribution in [2.45, 2.75) is 30.6 Å². The van der Waals surface area contributed by atoms with E-state index in [4.69, 9.17) is 33.7 Å². The zero-order chi connectivity index (χ0) is 42.7. The number of halogens is 2. The van der Waals surface area contributed by atoms with E-state index in [1.54, 1.807) is 121 Å². The van der Waals surface area contributed by atoms with Gasteiger partial charge in [0.05, 0.1) is 33.6 Å². The molecule has 0 saturated carbocycles. The fraction of sp³-hybridized carbons (Fsp3) is 0.125. The van der Waals surface area contributed by atoms with Crippen molar-refractivity contribution in [1.82, 2.24) is 4.57 Å². The maximum atomic E-state index is 14.1. The van der Waals surface area contributed by atoms with E-state index < -0.39 is 61.1 Å². The first kappa shape index (κ1) is 46.8. The van der Waals surface area contributed by atoms with Crippen molar-refractivity contribution >= 4 is 75.1 Å². The molecule has 0 amide bonds. The smallest absolute Gasteiger partial charge is 0.338 e. The van der Waals surface area contributed by atoms with Gasteiger partial charge in [-0.15, -0.1) is 24.8 Å². The minimum Gasteiger partial charge on any atom is -0.459 e. The van der Waals surface area contributed by atoms with Crippen LogP contribution in [0.2, 0.25) is 0 Å². The largest absolute Gasteiger partial charge is 0.459 e. The summed E-state index contributed by atoms with van der Waals surface area (Å²) in [4.78, 5) is 66.4. The molecule has 16 heteroatoms. The van der Waals surface area contributed by atoms with Crippen LogP contribution in [0.25, 0.3) is 5.69 Å². The third kappa shape index (κ3) is 11.5. The topological polar surface area (TPSA) is 144 Å². The van der Waals surface area contributed by atoms with Crippen LogP contribution in [0.1, 0.15) is 41.4 Å². The highest BCUT2D eigenvalue weighted by Gasteiger charge is 2.53. The van der Waals surface area contributed by atoms with Crippen LogP contribution in [0, 0.1) is 0 Å². The zero-order valence-corrected chi connectivity index (χ0v) is 36.8. The van der Waals surface area contributed by atoms with E-state index in [9.17, 15) is 19.2 Å². The Bertz CT molecular complexity index is 2760. The van der Waals surface area contributed by atoms with E-state index >= 15 is 0 Å². The lowest BCUT2D eigenvalue weighted by atomic mass is 9.97. The molecule has 6 aromatic carbocycles. The molecule has 1 aliphatic heterocycles. The van der Waals surface area contributed by atoms with Crippen LogP contribution in [0.5, 0.6) is 0 Å². The highest BCUT2D eigenvalue weighted by molar-refractivity contribution is 7.67. The summed E-state index contributed by atoms with van der Waals surface area (Å²) in [5, 5.41) is 0. The van der Waals surface area contributed by atoms with Gasteiger partial charge in [-0.2, -0.15) is 0 Å². The van der Waals surface area contributed by atoms with E-state index in [2.05, 4.69) is 0 Å². The van der Waals surface area contributed by atoms with E-state index in [1.807, 2.05) is 65.2 Å². The normalized spacial score (nSPS) is 18.3. The van der Waals surface area contributed by atoms with E-state index in [1.165, 1.54) is 20.7 Å². The predicted molar refractivity (Wildman–Crippen MR) is 246 cm³/mol. The van der Waals surface area contributed by atoms with Gasteiger partial charge in [0.2, 0.25) is 9.60 Å². The number of hydrogen-bond donors (Lipinski definition) is 0. The molecule has 0 spiro atoms. The molecule has 2 heterocycles. The molecule has 64 heavy (non-hydrogen) atoms. The molecule has 12 nitrogen and oxygen atoms in total. The highest BCUT2D eigenvalue weighted by Crippen LogP contribution is 2.32. The summed E-state index contributed by atoms with van der Waals surface area (Å²) in [6, 6.07) is 51.9. The Labute approximate surface area is 387 Å². The van der Waals surface area contributed by atoms with Crippen molar-refractivity contribution in [1.29, 1.82) is 0 Å². The number of benzene rings is 6. The second kappa shape index (κ2) is 22.6. The third-order valence-corrected chi connectivity index (χ3v) is 11.6. The van der Waals surface area contributed by atoms with Crippen molar-refractivity contribution in [2.24, 2.45) is 9.98 Å². The number of ether oxygens (including phenoxy) is 5. The quantitative estimate of drug-likeness (QED) is 0.0667. The van der Waals surface area contributed by atoms with Gasteiger partial charge in [-0.05, 0) is 93.5 Å². The Kier molecular flexibility index (Phi) is 16.5. The lowest BCUT2D eigenvalue weighted by Gasteiger charge is -2.43. The van der Waals surface area contributed by atoms with Gasteiger partial charge in [0.25, 0.3) is 0 Å². The summed E-state index contributed by atoms with van der Waals surface area (Å²) >= 11 is 0. The van der Waals surface area contributed by atoms with Gasteiger partial charge in [-0.25, -0.2) is 29.2 Å². The number of carbonyl (C=O) groups excluding carboxylic acids is 4. The molecule has 0 unspecified atom stereocenters. The maximum Gasteiger partial charge on any atom is 0.338 e. The molecule has 1 aliphatic rings. The summed E-state index contributed by atoms with van der Waals surface area (Å²) in [7, 11) is 2.64. The Morgan fingerprint density at radius 1 is 0.484 bits per heavy atom. The molecule has 0 aliphatic carbocycles. The van der Waals surface area contributed by atoms with Crippen molar-refractivity contribution in [3.05, 3.63) is 214 Å². The zero-order valence-electron chi connectivity index (χ0n) is 33.6. The molecular formula is C48H39Cl2N3O9S2. The van der Waals surface area contributed by atoms with Crippen LogP contribution in [0.15, 0.2) is 192 Å². The fourth-order valence-corrected chi connectivity index (χ4v) is 8.71. The van der Waals surface area contributed by atoms with Crippen LogP contribution in [-0.4, -0.2) is 65.7 Å². The van der Waals surface area contributed by atoms with Crippen LogP contribution in [0.4, 0.5) is 5.69 Å². The first-order chi connectivity index (χ1) is 30.4. The molecule has 326 valence electrons. The molecule has 5 atom stereocenters. The van der Waals surface area contributed by atoms with Crippen LogP contribution >= 0.6 is 45.5 Å². The number of carbonyl (C=O) groups is 4. The summed E-state index contributed by atoms with van der Waals surface area (Å²) in [6.45, 7) is -0.481. The van der Waals surface area contributed by atoms with E-state index in [0.717, 1.165) is 5.69 Å². The molecule has 8 rings (SSSR count). The van der Waals surface area contributed by atoms with Crippen LogP contribution in [-0.2, 0) is 23.7 Å². The average Bonchev–Trinajstić information content (AvgIpc) is 3.72. The molecule has 1 fully saturated rings. The maximum absolute atomic E-state index is 14.1. The van der Waals surface area contributed by atoms with E-state index in [0.29, 0.717) is 15.3 Å². The number of hydrogen-bond acceptors (Lipinski definition) is 13. The van der Waals surface area contributed by atoms with Gasteiger partial charge >= 0.3 is 23.9 Å². The van der Waals surface area contributed by atoms with Crippen LogP contribution in [0.3, 0.4) is 0 Å². The number of rotatable bonds is 12. The van der Waals surface area contributed by atoms with Gasteiger partial charge in [-0.3, -0.25) is 4.57 Å². The SMILES string of the molecule is Cl.Cl.O=C(OC[C@H]1O[C@@H](/N=c2/ssc(=Nc3ccccc3)n2-c2ccccc2)[C@H](OC(=O)c2ccccc2)[C@@H](OC(=O)c2ccccc2)[C@@H]1OC(=O)c1ccccc1)c1ccccc1. The molecule has 0 N–H and O–H groups in total. The molecule has 0 radical (unpaired) electrons. The Morgan fingerprint density at radius 3 is 1.36 bits per heavy atom. The summed E-state index contributed by atoms with van der Waals surface area (Å²) in [5.74, 6) is -3.07. The van der Waals surface area contributed by atoms with Gasteiger partial charge < -0.3 is 23.7 Å². The lowest BCUT2D eigenvalue weighted by molar-refractivity contribution is -0.227. The molecule has 1 aromatic heterocycles. The number of aromatic nitrogens is 1. The average molecular weight is 937 g/mol. The van der Waals surface area contributed by atoms with Crippen molar-refractivity contribution in [3.8, 4) is 5.69 Å². The first-order valence-corrected chi connectivity index (χ1v) is 21.6.